The van der Waals surface area contributed by atoms with Crippen LogP contribution >= 0.6 is 0 Å². The molecule has 0 bridgehead atoms. The van der Waals surface area contributed by atoms with Crippen LogP contribution in [0.5, 0.6) is 5.75 Å². The number of nitrogens with zero attached hydrogens (tertiary/aromatic N) is 1. The van der Waals surface area contributed by atoms with E-state index in [9.17, 15) is 0 Å². The summed E-state index contributed by atoms with van der Waals surface area (Å²) < 4.78 is 5.82. The number of nitrogens with two attached hydrogens (primary N) is 1. The first-order chi connectivity index (χ1) is 9.20. The maximum atomic E-state index is 6.00. The number of rotatable bonds is 6. The van der Waals surface area contributed by atoms with Gasteiger partial charge in [0.05, 0.1) is 6.61 Å². The van der Waals surface area contributed by atoms with Crippen LogP contribution in [-0.2, 0) is 0 Å². The number of ether oxygens (including phenoxy) is 1. The first-order valence-corrected chi connectivity index (χ1v) is 7.39. The lowest BCUT2D eigenvalue weighted by Gasteiger charge is -2.19. The van der Waals surface area contributed by atoms with Gasteiger partial charge in [0.1, 0.15) is 5.75 Å². The summed E-state index contributed by atoms with van der Waals surface area (Å²) >= 11 is 0. The minimum Gasteiger partial charge on any atom is -0.494 e. The van der Waals surface area contributed by atoms with Gasteiger partial charge < -0.3 is 15.4 Å². The second-order valence-corrected chi connectivity index (χ2v) is 5.50. The average molecular weight is 262 g/mol. The molecule has 2 atom stereocenters. The van der Waals surface area contributed by atoms with E-state index in [2.05, 4.69) is 31.0 Å². The number of likely N-dealkylation sites (tertiary alicyclic amines) is 1. The summed E-state index contributed by atoms with van der Waals surface area (Å²) in [5, 5.41) is 0. The van der Waals surface area contributed by atoms with Crippen LogP contribution in [0.3, 0.4) is 0 Å². The van der Waals surface area contributed by atoms with E-state index in [1.165, 1.54) is 24.9 Å². The van der Waals surface area contributed by atoms with Gasteiger partial charge in [-0.25, -0.2) is 0 Å². The number of benzene rings is 1. The van der Waals surface area contributed by atoms with Gasteiger partial charge in [-0.3, -0.25) is 0 Å². The van der Waals surface area contributed by atoms with Gasteiger partial charge in [0.2, 0.25) is 0 Å². The van der Waals surface area contributed by atoms with Gasteiger partial charge in [-0.15, -0.1) is 0 Å². The smallest absolute Gasteiger partial charge is 0.119 e. The quantitative estimate of drug-likeness (QED) is 0.856. The van der Waals surface area contributed by atoms with E-state index in [-0.39, 0.29) is 6.04 Å². The molecule has 106 valence electrons. The van der Waals surface area contributed by atoms with Gasteiger partial charge in [-0.1, -0.05) is 19.1 Å². The first kappa shape index (κ1) is 14.4. The van der Waals surface area contributed by atoms with Crippen molar-refractivity contribution in [2.45, 2.75) is 44.7 Å². The Morgan fingerprint density at radius 1 is 1.37 bits per heavy atom. The van der Waals surface area contributed by atoms with Gasteiger partial charge in [0, 0.05) is 12.1 Å². The van der Waals surface area contributed by atoms with Crippen molar-refractivity contribution in [2.24, 2.45) is 5.73 Å². The van der Waals surface area contributed by atoms with E-state index in [0.29, 0.717) is 6.04 Å². The Hall–Kier alpha value is -1.06. The Bertz CT molecular complexity index is 377. The summed E-state index contributed by atoms with van der Waals surface area (Å²) in [5.41, 5.74) is 7.18. The molecule has 0 spiro atoms. The van der Waals surface area contributed by atoms with Crippen molar-refractivity contribution in [2.75, 3.05) is 20.2 Å². The van der Waals surface area contributed by atoms with Crippen molar-refractivity contribution < 1.29 is 4.74 Å². The lowest BCUT2D eigenvalue weighted by Crippen LogP contribution is -2.26. The molecular formula is C16H26N2O. The van der Waals surface area contributed by atoms with Gasteiger partial charge >= 0.3 is 0 Å². The molecule has 1 aliphatic heterocycles. The fourth-order valence-corrected chi connectivity index (χ4v) is 2.70. The largest absolute Gasteiger partial charge is 0.494 e. The highest BCUT2D eigenvalue weighted by Gasteiger charge is 2.20. The molecule has 1 heterocycles. The number of hydrogen-bond donors (Lipinski definition) is 1. The molecule has 0 amide bonds. The fourth-order valence-electron chi connectivity index (χ4n) is 2.70. The molecule has 1 aliphatic rings. The highest BCUT2D eigenvalue weighted by Crippen LogP contribution is 2.20. The average Bonchev–Trinajstić information content (AvgIpc) is 2.84. The maximum Gasteiger partial charge on any atom is 0.119 e. The molecule has 1 aromatic carbocycles. The molecule has 1 unspecified atom stereocenters. The van der Waals surface area contributed by atoms with E-state index in [1.807, 2.05) is 12.1 Å². The van der Waals surface area contributed by atoms with E-state index < -0.39 is 0 Å². The summed E-state index contributed by atoms with van der Waals surface area (Å²) in [6.07, 6.45) is 4.72. The Morgan fingerprint density at radius 2 is 2.11 bits per heavy atom. The fraction of sp³-hybridized carbons (Fsp3) is 0.625. The zero-order valence-corrected chi connectivity index (χ0v) is 12.1. The van der Waals surface area contributed by atoms with E-state index in [4.69, 9.17) is 10.5 Å². The van der Waals surface area contributed by atoms with Crippen LogP contribution < -0.4 is 10.5 Å². The molecule has 2 rings (SSSR count). The molecule has 0 radical (unpaired) electrons. The zero-order chi connectivity index (χ0) is 13.7. The SMILES string of the molecule is CC[C@@H](N)c1ccc(OCCC2CCCN2C)cc1. The van der Waals surface area contributed by atoms with Crippen LogP contribution in [0, 0.1) is 0 Å². The van der Waals surface area contributed by atoms with Gasteiger partial charge in [-0.2, -0.15) is 0 Å². The molecule has 3 heteroatoms. The third-order valence-corrected chi connectivity index (χ3v) is 4.14. The zero-order valence-electron chi connectivity index (χ0n) is 12.1. The molecular weight excluding hydrogens is 236 g/mol. The van der Waals surface area contributed by atoms with E-state index in [1.54, 1.807) is 0 Å². The van der Waals surface area contributed by atoms with Crippen molar-refractivity contribution in [1.29, 1.82) is 0 Å². The van der Waals surface area contributed by atoms with Crippen LogP contribution in [0.1, 0.15) is 44.2 Å². The summed E-state index contributed by atoms with van der Waals surface area (Å²) in [4.78, 5) is 2.44. The van der Waals surface area contributed by atoms with Gasteiger partial charge in [-0.05, 0) is 57.0 Å². The van der Waals surface area contributed by atoms with Gasteiger partial charge in [0.25, 0.3) is 0 Å². The first-order valence-electron chi connectivity index (χ1n) is 7.39. The van der Waals surface area contributed by atoms with E-state index >= 15 is 0 Å². The van der Waals surface area contributed by atoms with Crippen LogP contribution in [0.4, 0.5) is 0 Å². The summed E-state index contributed by atoms with van der Waals surface area (Å²) in [6.45, 7) is 4.13. The second-order valence-electron chi connectivity index (χ2n) is 5.50. The van der Waals surface area contributed by atoms with Crippen molar-refractivity contribution in [3.8, 4) is 5.75 Å². The molecule has 2 N–H and O–H groups in total. The monoisotopic (exact) mass is 262 g/mol. The van der Waals surface area contributed by atoms with Crippen molar-refractivity contribution in [1.82, 2.24) is 4.90 Å². The molecule has 1 aromatic rings. The lowest BCUT2D eigenvalue weighted by atomic mass is 10.1. The second kappa shape index (κ2) is 6.92. The maximum absolute atomic E-state index is 6.00. The van der Waals surface area contributed by atoms with Crippen LogP contribution in [0.25, 0.3) is 0 Å². The van der Waals surface area contributed by atoms with Crippen molar-refractivity contribution in [3.05, 3.63) is 29.8 Å². The minimum atomic E-state index is 0.140. The van der Waals surface area contributed by atoms with Crippen molar-refractivity contribution in [3.63, 3.8) is 0 Å². The third-order valence-electron chi connectivity index (χ3n) is 4.14. The summed E-state index contributed by atoms with van der Waals surface area (Å²) in [7, 11) is 2.21. The molecule has 3 nitrogen and oxygen atoms in total. The molecule has 0 saturated carbocycles. The highest BCUT2D eigenvalue weighted by molar-refractivity contribution is 5.28. The van der Waals surface area contributed by atoms with Crippen LogP contribution in [0.2, 0.25) is 0 Å². The predicted octanol–water partition coefficient (Wildman–Crippen LogP) is 2.96. The Morgan fingerprint density at radius 3 is 2.68 bits per heavy atom. The van der Waals surface area contributed by atoms with Gasteiger partial charge in [0.15, 0.2) is 0 Å². The Balaban J connectivity index is 1.77. The topological polar surface area (TPSA) is 38.5 Å². The molecule has 0 aromatic heterocycles. The summed E-state index contributed by atoms with van der Waals surface area (Å²) in [5.74, 6) is 0.952. The lowest BCUT2D eigenvalue weighted by molar-refractivity contribution is 0.233. The highest BCUT2D eigenvalue weighted by atomic mass is 16.5. The summed E-state index contributed by atoms with van der Waals surface area (Å²) in [6, 6.07) is 9.05. The van der Waals surface area contributed by atoms with E-state index in [0.717, 1.165) is 25.2 Å². The normalized spacial score (nSPS) is 21.5. The Labute approximate surface area is 116 Å². The molecule has 0 aliphatic carbocycles. The van der Waals surface area contributed by atoms with Crippen LogP contribution in [-0.4, -0.2) is 31.1 Å². The van der Waals surface area contributed by atoms with Crippen LogP contribution in [0.15, 0.2) is 24.3 Å². The number of hydrogen-bond acceptors (Lipinski definition) is 3. The third kappa shape index (κ3) is 3.95. The molecule has 19 heavy (non-hydrogen) atoms. The predicted molar refractivity (Wildman–Crippen MR) is 79.4 cm³/mol. The Kier molecular flexibility index (Phi) is 5.23. The molecule has 1 saturated heterocycles. The molecule has 1 fully saturated rings. The van der Waals surface area contributed by atoms with Crippen molar-refractivity contribution >= 4 is 0 Å². The standard InChI is InChI=1S/C16H26N2O/c1-3-16(17)13-6-8-15(9-7-13)19-12-10-14-5-4-11-18(14)2/h6-9,14,16H,3-5,10-12,17H2,1-2H3/t14?,16-/m1/s1. The minimum absolute atomic E-state index is 0.140.